The SMILES string of the molecule is CC1CC=C(C2=CCC(I)CC2)C(F)=C1Cl. The summed E-state index contributed by atoms with van der Waals surface area (Å²) in [7, 11) is 0. The van der Waals surface area contributed by atoms with E-state index in [1.165, 1.54) is 0 Å². The molecule has 2 unspecified atom stereocenters. The van der Waals surface area contributed by atoms with Gasteiger partial charge in [0, 0.05) is 9.50 Å². The minimum Gasteiger partial charge on any atom is -0.205 e. The van der Waals surface area contributed by atoms with Crippen LogP contribution < -0.4 is 0 Å². The molecule has 0 nitrogen and oxygen atoms in total. The van der Waals surface area contributed by atoms with E-state index >= 15 is 0 Å². The van der Waals surface area contributed by atoms with Crippen molar-refractivity contribution in [1.29, 1.82) is 0 Å². The van der Waals surface area contributed by atoms with Gasteiger partial charge in [0.2, 0.25) is 0 Å². The summed E-state index contributed by atoms with van der Waals surface area (Å²) in [6.45, 7) is 1.96. The van der Waals surface area contributed by atoms with Gasteiger partial charge in [0.05, 0.1) is 5.03 Å². The van der Waals surface area contributed by atoms with Crippen molar-refractivity contribution in [2.24, 2.45) is 5.92 Å². The molecule has 16 heavy (non-hydrogen) atoms. The quantitative estimate of drug-likeness (QED) is 0.444. The topological polar surface area (TPSA) is 0 Å². The molecule has 2 aliphatic carbocycles. The molecular formula is C13H15ClFI. The molecule has 0 heterocycles. The van der Waals surface area contributed by atoms with E-state index in [4.69, 9.17) is 11.6 Å². The normalized spacial score (nSPS) is 31.2. The van der Waals surface area contributed by atoms with E-state index in [1.54, 1.807) is 0 Å². The third-order valence-electron chi connectivity index (χ3n) is 3.25. The van der Waals surface area contributed by atoms with Gasteiger partial charge >= 0.3 is 0 Å². The molecule has 2 rings (SSSR count). The molecule has 2 atom stereocenters. The summed E-state index contributed by atoms with van der Waals surface area (Å²) in [4.78, 5) is 0. The highest BCUT2D eigenvalue weighted by Crippen LogP contribution is 2.39. The standard InChI is InChI=1S/C13H15ClFI/c1-8-2-7-11(13(15)12(8)14)9-3-5-10(16)6-4-9/h3,7-8,10H,2,4-6H2,1H3. The van der Waals surface area contributed by atoms with Crippen molar-refractivity contribution in [3.63, 3.8) is 0 Å². The van der Waals surface area contributed by atoms with Crippen LogP contribution in [0.3, 0.4) is 0 Å². The summed E-state index contributed by atoms with van der Waals surface area (Å²) < 4.78 is 14.7. The fraction of sp³-hybridized carbons (Fsp3) is 0.538. The zero-order chi connectivity index (χ0) is 11.7. The summed E-state index contributed by atoms with van der Waals surface area (Å²) in [5.74, 6) is -0.0643. The third-order valence-corrected chi connectivity index (χ3v) is 4.92. The molecule has 0 aromatic heterocycles. The Balaban J connectivity index is 2.23. The Hall–Kier alpha value is 0.170. The molecule has 0 aromatic rings. The zero-order valence-electron chi connectivity index (χ0n) is 9.27. The average molecular weight is 353 g/mol. The second-order valence-corrected chi connectivity index (χ2v) is 6.69. The molecule has 0 saturated carbocycles. The first kappa shape index (κ1) is 12.6. The van der Waals surface area contributed by atoms with Crippen LogP contribution in [0.1, 0.15) is 32.6 Å². The Morgan fingerprint density at radius 1 is 1.38 bits per heavy atom. The number of alkyl halides is 1. The van der Waals surface area contributed by atoms with Gasteiger partial charge in [0.1, 0.15) is 5.83 Å². The number of hydrogen-bond donors (Lipinski definition) is 0. The van der Waals surface area contributed by atoms with Gasteiger partial charge in [-0.3, -0.25) is 0 Å². The van der Waals surface area contributed by atoms with Gasteiger partial charge in [-0.25, -0.2) is 4.39 Å². The van der Waals surface area contributed by atoms with Gasteiger partial charge in [0.25, 0.3) is 0 Å². The van der Waals surface area contributed by atoms with Gasteiger partial charge in [-0.1, -0.05) is 53.3 Å². The zero-order valence-corrected chi connectivity index (χ0v) is 12.2. The second kappa shape index (κ2) is 5.21. The largest absolute Gasteiger partial charge is 0.205 e. The summed E-state index contributed by atoms with van der Waals surface area (Å²) in [5.41, 5.74) is 1.90. The first-order chi connectivity index (χ1) is 7.59. The maximum atomic E-state index is 14.0. The van der Waals surface area contributed by atoms with Crippen molar-refractivity contribution in [2.45, 2.75) is 36.5 Å². The lowest BCUT2D eigenvalue weighted by Crippen LogP contribution is -2.09. The van der Waals surface area contributed by atoms with E-state index < -0.39 is 0 Å². The minimum atomic E-state index is -0.196. The van der Waals surface area contributed by atoms with Crippen molar-refractivity contribution >= 4 is 34.2 Å². The Bertz CT molecular complexity index is 381. The summed E-state index contributed by atoms with van der Waals surface area (Å²) in [5, 5.41) is 0.398. The van der Waals surface area contributed by atoms with Crippen molar-refractivity contribution in [3.8, 4) is 0 Å². The van der Waals surface area contributed by atoms with Crippen LogP contribution in [0.15, 0.2) is 34.2 Å². The van der Waals surface area contributed by atoms with Crippen molar-refractivity contribution in [3.05, 3.63) is 34.2 Å². The molecule has 0 saturated heterocycles. The fourth-order valence-electron chi connectivity index (χ4n) is 2.15. The summed E-state index contributed by atoms with van der Waals surface area (Å²) in [6, 6.07) is 0. The predicted molar refractivity (Wildman–Crippen MR) is 75.6 cm³/mol. The third kappa shape index (κ3) is 2.53. The van der Waals surface area contributed by atoms with Crippen LogP contribution in [0.25, 0.3) is 0 Å². The Morgan fingerprint density at radius 3 is 2.75 bits per heavy atom. The number of hydrogen-bond acceptors (Lipinski definition) is 0. The van der Waals surface area contributed by atoms with E-state index in [-0.39, 0.29) is 11.7 Å². The van der Waals surface area contributed by atoms with Crippen molar-refractivity contribution < 1.29 is 4.39 Å². The Kier molecular flexibility index (Phi) is 4.11. The van der Waals surface area contributed by atoms with Crippen LogP contribution in [0.2, 0.25) is 0 Å². The van der Waals surface area contributed by atoms with Gasteiger partial charge in [-0.15, -0.1) is 0 Å². The minimum absolute atomic E-state index is 0.131. The van der Waals surface area contributed by atoms with Crippen molar-refractivity contribution in [2.75, 3.05) is 0 Å². The molecule has 88 valence electrons. The monoisotopic (exact) mass is 352 g/mol. The first-order valence-electron chi connectivity index (χ1n) is 5.68. The van der Waals surface area contributed by atoms with Crippen LogP contribution in [0.4, 0.5) is 4.39 Å². The van der Waals surface area contributed by atoms with Crippen LogP contribution >= 0.6 is 34.2 Å². The van der Waals surface area contributed by atoms with E-state index in [1.807, 2.05) is 13.0 Å². The molecule has 0 aliphatic heterocycles. The fourth-order valence-corrected chi connectivity index (χ4v) is 2.91. The molecule has 0 spiro atoms. The second-order valence-electron chi connectivity index (χ2n) is 4.52. The molecular weight excluding hydrogens is 337 g/mol. The van der Waals surface area contributed by atoms with Crippen molar-refractivity contribution in [1.82, 2.24) is 0 Å². The number of rotatable bonds is 1. The average Bonchev–Trinajstić information content (AvgIpc) is 2.28. The maximum Gasteiger partial charge on any atom is 0.145 e. The Labute approximate surface area is 115 Å². The van der Waals surface area contributed by atoms with Crippen LogP contribution in [0.5, 0.6) is 0 Å². The molecule has 0 aromatic carbocycles. The molecule has 3 heteroatoms. The molecule has 0 radical (unpaired) electrons. The van der Waals surface area contributed by atoms with E-state index in [0.717, 1.165) is 36.8 Å². The van der Waals surface area contributed by atoms with E-state index in [2.05, 4.69) is 28.7 Å². The van der Waals surface area contributed by atoms with E-state index in [0.29, 0.717) is 8.96 Å². The lowest BCUT2D eigenvalue weighted by molar-refractivity contribution is 0.587. The Morgan fingerprint density at radius 2 is 2.12 bits per heavy atom. The smallest absolute Gasteiger partial charge is 0.145 e. The number of allylic oxidation sites excluding steroid dienone is 6. The van der Waals surface area contributed by atoms with Crippen LogP contribution in [0, 0.1) is 5.92 Å². The van der Waals surface area contributed by atoms with Crippen LogP contribution in [-0.2, 0) is 0 Å². The summed E-state index contributed by atoms with van der Waals surface area (Å²) in [6.07, 6.45) is 8.20. The highest BCUT2D eigenvalue weighted by Gasteiger charge is 2.24. The predicted octanol–water partition coefficient (Wildman–Crippen LogP) is 5.29. The van der Waals surface area contributed by atoms with Gasteiger partial charge < -0.3 is 0 Å². The maximum absolute atomic E-state index is 14.0. The lowest BCUT2D eigenvalue weighted by atomic mass is 9.87. The first-order valence-corrected chi connectivity index (χ1v) is 7.31. The van der Waals surface area contributed by atoms with Crippen LogP contribution in [-0.4, -0.2) is 3.92 Å². The molecule has 0 amide bonds. The molecule has 2 aliphatic rings. The molecule has 0 bridgehead atoms. The summed E-state index contributed by atoms with van der Waals surface area (Å²) >= 11 is 8.45. The highest BCUT2D eigenvalue weighted by molar-refractivity contribution is 14.1. The molecule has 0 N–H and O–H groups in total. The van der Waals surface area contributed by atoms with Gasteiger partial charge in [-0.05, 0) is 37.2 Å². The van der Waals surface area contributed by atoms with Gasteiger partial charge in [0.15, 0.2) is 0 Å². The van der Waals surface area contributed by atoms with Gasteiger partial charge in [-0.2, -0.15) is 0 Å². The number of halogens is 3. The van der Waals surface area contributed by atoms with E-state index in [9.17, 15) is 4.39 Å². The molecule has 0 fully saturated rings. The highest BCUT2D eigenvalue weighted by atomic mass is 127. The lowest BCUT2D eigenvalue weighted by Gasteiger charge is -2.23.